The summed E-state index contributed by atoms with van der Waals surface area (Å²) in [6.07, 6.45) is -0.148. The van der Waals surface area contributed by atoms with Gasteiger partial charge < -0.3 is 5.11 Å². The minimum Gasteiger partial charge on any atom is -0.481 e. The predicted octanol–water partition coefficient (Wildman–Crippen LogP) is 3.02. The lowest BCUT2D eigenvalue weighted by molar-refractivity contribution is -0.137. The fourth-order valence-corrected chi connectivity index (χ4v) is 3.66. The monoisotopic (exact) mass is 351 g/mol. The van der Waals surface area contributed by atoms with E-state index < -0.39 is 27.9 Å². The molecule has 7 heteroatoms. The van der Waals surface area contributed by atoms with E-state index in [0.29, 0.717) is 5.56 Å². The smallest absolute Gasteiger partial charge is 0.303 e. The molecule has 0 radical (unpaired) electrons. The SMILES string of the molecule is Cc1cccc(S(=O)(=O)NC(CCC(=O)O)c2ccc(F)cc2)c1. The molecule has 2 rings (SSSR count). The van der Waals surface area contributed by atoms with Gasteiger partial charge in [-0.05, 0) is 48.7 Å². The molecule has 0 heterocycles. The van der Waals surface area contributed by atoms with Crippen LogP contribution in [-0.4, -0.2) is 19.5 Å². The van der Waals surface area contributed by atoms with Crippen LogP contribution >= 0.6 is 0 Å². The molecular formula is C17H18FNO4S. The van der Waals surface area contributed by atoms with Crippen molar-refractivity contribution in [3.63, 3.8) is 0 Å². The molecule has 1 unspecified atom stereocenters. The predicted molar refractivity (Wildman–Crippen MR) is 87.5 cm³/mol. The summed E-state index contributed by atoms with van der Waals surface area (Å²) in [6, 6.07) is 11.0. The Morgan fingerprint density at radius 2 is 1.88 bits per heavy atom. The molecule has 2 aromatic carbocycles. The molecule has 0 bridgehead atoms. The molecule has 0 saturated heterocycles. The third kappa shape index (κ3) is 4.87. The number of aryl methyl sites for hydroxylation is 1. The Balaban J connectivity index is 2.29. The van der Waals surface area contributed by atoms with E-state index in [-0.39, 0.29) is 17.7 Å². The first-order valence-electron chi connectivity index (χ1n) is 7.34. The number of halogens is 1. The lowest BCUT2D eigenvalue weighted by atomic mass is 10.0. The lowest BCUT2D eigenvalue weighted by Gasteiger charge is -2.19. The molecule has 0 fully saturated rings. The molecule has 24 heavy (non-hydrogen) atoms. The standard InChI is InChI=1S/C17H18FNO4S/c1-12-3-2-4-15(11-12)24(22,23)19-16(9-10-17(20)21)13-5-7-14(18)8-6-13/h2-8,11,16,19H,9-10H2,1H3,(H,20,21). The van der Waals surface area contributed by atoms with Gasteiger partial charge in [-0.15, -0.1) is 0 Å². The topological polar surface area (TPSA) is 83.5 Å². The second kappa shape index (κ2) is 7.55. The molecule has 5 nitrogen and oxygen atoms in total. The number of hydrogen-bond acceptors (Lipinski definition) is 3. The number of rotatable bonds is 7. The van der Waals surface area contributed by atoms with Gasteiger partial charge in [-0.1, -0.05) is 24.3 Å². The average molecular weight is 351 g/mol. The normalized spacial score (nSPS) is 12.8. The first kappa shape index (κ1) is 18.1. The lowest BCUT2D eigenvalue weighted by Crippen LogP contribution is -2.29. The highest BCUT2D eigenvalue weighted by Crippen LogP contribution is 2.22. The van der Waals surface area contributed by atoms with Crippen LogP contribution in [0.1, 0.15) is 30.0 Å². The zero-order chi connectivity index (χ0) is 17.7. The summed E-state index contributed by atoms with van der Waals surface area (Å²) >= 11 is 0. The Morgan fingerprint density at radius 1 is 1.21 bits per heavy atom. The van der Waals surface area contributed by atoms with Crippen molar-refractivity contribution in [1.82, 2.24) is 4.72 Å². The van der Waals surface area contributed by atoms with Crippen molar-refractivity contribution in [2.24, 2.45) is 0 Å². The highest BCUT2D eigenvalue weighted by Gasteiger charge is 2.22. The molecule has 0 aliphatic rings. The van der Waals surface area contributed by atoms with Gasteiger partial charge in [0.25, 0.3) is 0 Å². The highest BCUT2D eigenvalue weighted by atomic mass is 32.2. The molecule has 2 N–H and O–H groups in total. The fourth-order valence-electron chi connectivity index (χ4n) is 2.29. The van der Waals surface area contributed by atoms with Crippen LogP contribution in [0.2, 0.25) is 0 Å². The molecule has 0 aliphatic carbocycles. The van der Waals surface area contributed by atoms with Crippen LogP contribution in [0.25, 0.3) is 0 Å². The minimum absolute atomic E-state index is 0.0615. The van der Waals surface area contributed by atoms with Crippen LogP contribution < -0.4 is 4.72 Å². The molecule has 0 spiro atoms. The molecule has 0 aromatic heterocycles. The summed E-state index contributed by atoms with van der Waals surface area (Å²) in [5.74, 6) is -1.48. The summed E-state index contributed by atoms with van der Waals surface area (Å²) < 4.78 is 40.7. The fraction of sp³-hybridized carbons (Fsp3) is 0.235. The average Bonchev–Trinajstić information content (AvgIpc) is 2.52. The van der Waals surface area contributed by atoms with Gasteiger partial charge in [0.1, 0.15) is 5.82 Å². The first-order chi connectivity index (χ1) is 11.3. The maximum absolute atomic E-state index is 13.1. The molecule has 0 aliphatic heterocycles. The Labute approximate surface area is 140 Å². The van der Waals surface area contributed by atoms with Crippen LogP contribution in [-0.2, 0) is 14.8 Å². The third-order valence-electron chi connectivity index (χ3n) is 3.52. The zero-order valence-electron chi connectivity index (χ0n) is 13.1. The number of benzene rings is 2. The van der Waals surface area contributed by atoms with Crippen molar-refractivity contribution in [3.05, 3.63) is 65.5 Å². The molecule has 1 atom stereocenters. The van der Waals surface area contributed by atoms with Crippen molar-refractivity contribution in [3.8, 4) is 0 Å². The summed E-state index contributed by atoms with van der Waals surface area (Å²) in [6.45, 7) is 1.78. The van der Waals surface area contributed by atoms with E-state index >= 15 is 0 Å². The summed E-state index contributed by atoms with van der Waals surface area (Å²) in [4.78, 5) is 10.9. The van der Waals surface area contributed by atoms with E-state index in [0.717, 1.165) is 5.56 Å². The number of carboxylic acids is 1. The van der Waals surface area contributed by atoms with E-state index in [1.54, 1.807) is 19.1 Å². The van der Waals surface area contributed by atoms with E-state index in [1.165, 1.54) is 36.4 Å². The van der Waals surface area contributed by atoms with Gasteiger partial charge in [-0.2, -0.15) is 0 Å². The second-order valence-electron chi connectivity index (χ2n) is 5.47. The molecule has 2 aromatic rings. The largest absolute Gasteiger partial charge is 0.481 e. The number of nitrogens with one attached hydrogen (secondary N) is 1. The van der Waals surface area contributed by atoms with Crippen LogP contribution in [0, 0.1) is 12.7 Å². The Kier molecular flexibility index (Phi) is 5.69. The number of hydrogen-bond donors (Lipinski definition) is 2. The van der Waals surface area contributed by atoms with Gasteiger partial charge in [0, 0.05) is 12.5 Å². The van der Waals surface area contributed by atoms with E-state index in [9.17, 15) is 17.6 Å². The van der Waals surface area contributed by atoms with Crippen molar-refractivity contribution in [1.29, 1.82) is 0 Å². The van der Waals surface area contributed by atoms with Gasteiger partial charge >= 0.3 is 5.97 Å². The maximum Gasteiger partial charge on any atom is 0.303 e. The summed E-state index contributed by atoms with van der Waals surface area (Å²) in [5, 5.41) is 8.87. The van der Waals surface area contributed by atoms with Crippen molar-refractivity contribution in [2.45, 2.75) is 30.7 Å². The van der Waals surface area contributed by atoms with Gasteiger partial charge in [0.05, 0.1) is 4.90 Å². The van der Waals surface area contributed by atoms with Gasteiger partial charge in [0.2, 0.25) is 10.0 Å². The Morgan fingerprint density at radius 3 is 2.46 bits per heavy atom. The van der Waals surface area contributed by atoms with Gasteiger partial charge in [-0.3, -0.25) is 4.79 Å². The Hall–Kier alpha value is -2.25. The molecular weight excluding hydrogens is 333 g/mol. The van der Waals surface area contributed by atoms with E-state index in [4.69, 9.17) is 5.11 Å². The van der Waals surface area contributed by atoms with Crippen LogP contribution in [0.4, 0.5) is 4.39 Å². The summed E-state index contributed by atoms with van der Waals surface area (Å²) in [7, 11) is -3.82. The number of carboxylic acid groups (broad SMARTS) is 1. The van der Waals surface area contributed by atoms with Crippen LogP contribution in [0.3, 0.4) is 0 Å². The van der Waals surface area contributed by atoms with E-state index in [1.807, 2.05) is 0 Å². The number of carbonyl (C=O) groups is 1. The molecule has 0 saturated carbocycles. The van der Waals surface area contributed by atoms with Crippen molar-refractivity contribution >= 4 is 16.0 Å². The summed E-state index contributed by atoms with van der Waals surface area (Å²) in [5.41, 5.74) is 1.30. The van der Waals surface area contributed by atoms with Crippen molar-refractivity contribution in [2.75, 3.05) is 0 Å². The van der Waals surface area contributed by atoms with Crippen LogP contribution in [0.15, 0.2) is 53.4 Å². The molecule has 128 valence electrons. The van der Waals surface area contributed by atoms with Gasteiger partial charge in [0.15, 0.2) is 0 Å². The van der Waals surface area contributed by atoms with Crippen molar-refractivity contribution < 1.29 is 22.7 Å². The van der Waals surface area contributed by atoms with E-state index in [2.05, 4.69) is 4.72 Å². The highest BCUT2D eigenvalue weighted by molar-refractivity contribution is 7.89. The number of aliphatic carboxylic acids is 1. The van der Waals surface area contributed by atoms with Gasteiger partial charge in [-0.25, -0.2) is 17.5 Å². The van der Waals surface area contributed by atoms with Crippen LogP contribution in [0.5, 0.6) is 0 Å². The minimum atomic E-state index is -3.82. The first-order valence-corrected chi connectivity index (χ1v) is 8.82. The zero-order valence-corrected chi connectivity index (χ0v) is 13.9. The third-order valence-corrected chi connectivity index (χ3v) is 4.99. The quantitative estimate of drug-likeness (QED) is 0.803. The molecule has 0 amide bonds. The number of sulfonamides is 1. The maximum atomic E-state index is 13.1. The Bertz CT molecular complexity index is 819. The second-order valence-corrected chi connectivity index (χ2v) is 7.19.